The van der Waals surface area contributed by atoms with Crippen molar-refractivity contribution in [2.24, 2.45) is 7.05 Å². The Hall–Kier alpha value is -0.870. The first-order valence-electron chi connectivity index (χ1n) is 6.57. The van der Waals surface area contributed by atoms with Crippen LogP contribution in [0.4, 0.5) is 0 Å². The molecule has 0 aliphatic heterocycles. The van der Waals surface area contributed by atoms with E-state index in [1.165, 1.54) is 24.1 Å². The molecule has 0 spiro atoms. The van der Waals surface area contributed by atoms with Crippen LogP contribution in [-0.4, -0.2) is 29.4 Å². The number of nitrogens with zero attached hydrogens (tertiary/aromatic N) is 2. The molecule has 0 aliphatic rings. The Labute approximate surface area is 105 Å². The minimum absolute atomic E-state index is 0.930. The predicted molar refractivity (Wildman–Crippen MR) is 72.2 cm³/mol. The third kappa shape index (κ3) is 4.48. The number of hydrogen-bond acceptors (Lipinski definition) is 3. The molecule has 17 heavy (non-hydrogen) atoms. The normalized spacial score (nSPS) is 11.1. The van der Waals surface area contributed by atoms with Crippen molar-refractivity contribution in [3.63, 3.8) is 0 Å². The summed E-state index contributed by atoms with van der Waals surface area (Å²) in [5.74, 6) is 0. The molecule has 0 saturated carbocycles. The molecule has 0 atom stereocenters. The molecule has 1 aromatic rings. The van der Waals surface area contributed by atoms with Gasteiger partial charge in [0.05, 0.1) is 5.69 Å². The van der Waals surface area contributed by atoms with Crippen LogP contribution in [0.5, 0.6) is 0 Å². The van der Waals surface area contributed by atoms with E-state index in [4.69, 9.17) is 0 Å². The Kier molecular flexibility index (Phi) is 6.22. The van der Waals surface area contributed by atoms with Crippen molar-refractivity contribution in [1.82, 2.24) is 20.4 Å². The standard InChI is InChI=1S/C13H26N4/c1-5-7-14-8-6-9-15-10-13-11(2)16-17(4)12(13)3/h14-15H,5-10H2,1-4H3. The van der Waals surface area contributed by atoms with Gasteiger partial charge in [0.25, 0.3) is 0 Å². The molecule has 1 heterocycles. The summed E-state index contributed by atoms with van der Waals surface area (Å²) >= 11 is 0. The van der Waals surface area contributed by atoms with Crippen LogP contribution in [0.1, 0.15) is 36.7 Å². The fourth-order valence-electron chi connectivity index (χ4n) is 1.93. The van der Waals surface area contributed by atoms with Gasteiger partial charge in [-0.2, -0.15) is 5.10 Å². The molecule has 4 heteroatoms. The fraction of sp³-hybridized carbons (Fsp3) is 0.769. The molecule has 1 aromatic heterocycles. The lowest BCUT2D eigenvalue weighted by Crippen LogP contribution is -2.22. The zero-order valence-corrected chi connectivity index (χ0v) is 11.6. The maximum absolute atomic E-state index is 4.41. The molecule has 0 unspecified atom stereocenters. The van der Waals surface area contributed by atoms with Crippen molar-refractivity contribution in [2.45, 2.75) is 40.2 Å². The maximum Gasteiger partial charge on any atom is 0.0641 e. The molecular formula is C13H26N4. The Morgan fingerprint density at radius 3 is 2.41 bits per heavy atom. The number of aryl methyl sites for hydroxylation is 2. The summed E-state index contributed by atoms with van der Waals surface area (Å²) in [7, 11) is 2.00. The van der Waals surface area contributed by atoms with E-state index >= 15 is 0 Å². The van der Waals surface area contributed by atoms with Crippen LogP contribution in [0.3, 0.4) is 0 Å². The summed E-state index contributed by atoms with van der Waals surface area (Å²) in [5, 5.41) is 11.3. The van der Waals surface area contributed by atoms with Crippen molar-refractivity contribution >= 4 is 0 Å². The minimum Gasteiger partial charge on any atom is -0.317 e. The minimum atomic E-state index is 0.930. The summed E-state index contributed by atoms with van der Waals surface area (Å²) < 4.78 is 1.95. The molecule has 1 rings (SSSR count). The average molecular weight is 238 g/mol. The van der Waals surface area contributed by atoms with Crippen LogP contribution >= 0.6 is 0 Å². The molecule has 0 fully saturated rings. The molecule has 0 bridgehead atoms. The molecule has 0 aliphatic carbocycles. The van der Waals surface area contributed by atoms with Crippen LogP contribution in [0.2, 0.25) is 0 Å². The lowest BCUT2D eigenvalue weighted by molar-refractivity contribution is 0.590. The Morgan fingerprint density at radius 2 is 1.82 bits per heavy atom. The van der Waals surface area contributed by atoms with Crippen molar-refractivity contribution in [3.05, 3.63) is 17.0 Å². The molecule has 0 amide bonds. The van der Waals surface area contributed by atoms with E-state index in [0.717, 1.165) is 31.9 Å². The maximum atomic E-state index is 4.41. The van der Waals surface area contributed by atoms with Crippen molar-refractivity contribution in [1.29, 1.82) is 0 Å². The highest BCUT2D eigenvalue weighted by Crippen LogP contribution is 2.10. The molecule has 2 N–H and O–H groups in total. The molecule has 0 saturated heterocycles. The molecule has 4 nitrogen and oxygen atoms in total. The van der Waals surface area contributed by atoms with E-state index in [0.29, 0.717) is 0 Å². The van der Waals surface area contributed by atoms with Crippen molar-refractivity contribution < 1.29 is 0 Å². The van der Waals surface area contributed by atoms with Gasteiger partial charge in [0.15, 0.2) is 0 Å². The van der Waals surface area contributed by atoms with Gasteiger partial charge in [-0.05, 0) is 46.3 Å². The van der Waals surface area contributed by atoms with E-state index in [1.807, 2.05) is 11.7 Å². The van der Waals surface area contributed by atoms with Crippen LogP contribution in [0.15, 0.2) is 0 Å². The second kappa shape index (κ2) is 7.45. The molecular weight excluding hydrogens is 212 g/mol. The summed E-state index contributed by atoms with van der Waals surface area (Å²) in [4.78, 5) is 0. The highest BCUT2D eigenvalue weighted by Gasteiger charge is 2.07. The van der Waals surface area contributed by atoms with Crippen LogP contribution in [0.25, 0.3) is 0 Å². The van der Waals surface area contributed by atoms with E-state index in [9.17, 15) is 0 Å². The summed E-state index contributed by atoms with van der Waals surface area (Å²) in [6, 6.07) is 0. The van der Waals surface area contributed by atoms with Gasteiger partial charge < -0.3 is 10.6 Å². The van der Waals surface area contributed by atoms with E-state index in [2.05, 4.69) is 36.5 Å². The lowest BCUT2D eigenvalue weighted by atomic mass is 10.2. The highest BCUT2D eigenvalue weighted by atomic mass is 15.3. The van der Waals surface area contributed by atoms with Gasteiger partial charge in [0.2, 0.25) is 0 Å². The lowest BCUT2D eigenvalue weighted by Gasteiger charge is -2.06. The van der Waals surface area contributed by atoms with Gasteiger partial charge >= 0.3 is 0 Å². The number of nitrogens with one attached hydrogen (secondary N) is 2. The van der Waals surface area contributed by atoms with Crippen LogP contribution in [-0.2, 0) is 13.6 Å². The van der Waals surface area contributed by atoms with Crippen molar-refractivity contribution in [2.75, 3.05) is 19.6 Å². The SMILES string of the molecule is CCCNCCCNCc1c(C)nn(C)c1C. The molecule has 0 aromatic carbocycles. The van der Waals surface area contributed by atoms with Gasteiger partial charge in [0.1, 0.15) is 0 Å². The number of rotatable bonds is 8. The van der Waals surface area contributed by atoms with E-state index in [-0.39, 0.29) is 0 Å². The topological polar surface area (TPSA) is 41.9 Å². The third-order valence-corrected chi connectivity index (χ3v) is 3.09. The van der Waals surface area contributed by atoms with Gasteiger partial charge in [-0.1, -0.05) is 6.92 Å². The second-order valence-electron chi connectivity index (χ2n) is 4.55. The predicted octanol–water partition coefficient (Wildman–Crippen LogP) is 1.52. The molecule has 98 valence electrons. The van der Waals surface area contributed by atoms with Gasteiger partial charge in [0, 0.05) is 24.8 Å². The first-order chi connectivity index (χ1) is 8.16. The van der Waals surface area contributed by atoms with Gasteiger partial charge in [-0.3, -0.25) is 4.68 Å². The zero-order valence-electron chi connectivity index (χ0n) is 11.6. The van der Waals surface area contributed by atoms with Gasteiger partial charge in [-0.15, -0.1) is 0 Å². The third-order valence-electron chi connectivity index (χ3n) is 3.09. The monoisotopic (exact) mass is 238 g/mol. The van der Waals surface area contributed by atoms with Gasteiger partial charge in [-0.25, -0.2) is 0 Å². The fourth-order valence-corrected chi connectivity index (χ4v) is 1.93. The van der Waals surface area contributed by atoms with Crippen LogP contribution in [0, 0.1) is 13.8 Å². The first kappa shape index (κ1) is 14.2. The highest BCUT2D eigenvalue weighted by molar-refractivity contribution is 5.23. The zero-order chi connectivity index (χ0) is 12.7. The smallest absolute Gasteiger partial charge is 0.0641 e. The van der Waals surface area contributed by atoms with E-state index in [1.54, 1.807) is 0 Å². The van der Waals surface area contributed by atoms with E-state index < -0.39 is 0 Å². The summed E-state index contributed by atoms with van der Waals surface area (Å²) in [6.07, 6.45) is 2.39. The summed E-state index contributed by atoms with van der Waals surface area (Å²) in [5.41, 5.74) is 3.75. The Bertz CT molecular complexity index is 330. The second-order valence-corrected chi connectivity index (χ2v) is 4.55. The Morgan fingerprint density at radius 1 is 1.12 bits per heavy atom. The Balaban J connectivity index is 2.18. The summed E-state index contributed by atoms with van der Waals surface area (Å²) in [6.45, 7) is 10.6. The average Bonchev–Trinajstić information content (AvgIpc) is 2.54. The first-order valence-corrected chi connectivity index (χ1v) is 6.57. The number of aromatic nitrogens is 2. The number of hydrogen-bond donors (Lipinski definition) is 2. The van der Waals surface area contributed by atoms with Crippen LogP contribution < -0.4 is 10.6 Å². The quantitative estimate of drug-likeness (QED) is 0.675. The molecule has 0 radical (unpaired) electrons. The van der Waals surface area contributed by atoms with Crippen molar-refractivity contribution in [3.8, 4) is 0 Å². The largest absolute Gasteiger partial charge is 0.317 e.